The number of rotatable bonds is 5. The molecular weight excluding hydrogens is 273 g/mol. The van der Waals surface area contributed by atoms with Crippen LogP contribution in [0.25, 0.3) is 0 Å². The monoisotopic (exact) mass is 283 g/mol. The summed E-state index contributed by atoms with van der Waals surface area (Å²) in [5.41, 5.74) is 0. The van der Waals surface area contributed by atoms with Gasteiger partial charge in [0.1, 0.15) is 17.3 Å². The lowest BCUT2D eigenvalue weighted by atomic mass is 10.3. The second kappa shape index (κ2) is 6.24. The van der Waals surface area contributed by atoms with Crippen LogP contribution in [0.1, 0.15) is 5.76 Å². The molecule has 1 aromatic heterocycles. The second-order valence-corrected chi connectivity index (χ2v) is 4.10. The van der Waals surface area contributed by atoms with E-state index in [1.807, 2.05) is 0 Å². The minimum absolute atomic E-state index is 0.153. The smallest absolute Gasteiger partial charge is 0.258 e. The Morgan fingerprint density at radius 1 is 1.26 bits per heavy atom. The Hall–Kier alpha value is -2.01. The van der Waals surface area contributed by atoms with Crippen LogP contribution in [0.15, 0.2) is 40.8 Å². The molecule has 0 fully saturated rings. The van der Waals surface area contributed by atoms with E-state index in [4.69, 9.17) is 20.8 Å². The van der Waals surface area contributed by atoms with Crippen molar-refractivity contribution in [1.82, 2.24) is 5.32 Å². The standard InChI is InChI=1S/C13H11ClFNO3/c14-12-6-5-11(19-12)7-16-13(17)8-18-10-3-1-9(15)2-4-10/h1-6H,7-8H2,(H,16,17). The SMILES string of the molecule is O=C(COc1ccc(F)cc1)NCc1ccc(Cl)o1. The Balaban J connectivity index is 1.74. The first-order chi connectivity index (χ1) is 9.13. The molecule has 0 saturated carbocycles. The number of halogens is 2. The fourth-order valence-electron chi connectivity index (χ4n) is 1.36. The summed E-state index contributed by atoms with van der Waals surface area (Å²) in [7, 11) is 0. The number of carbonyl (C=O) groups excluding carboxylic acids is 1. The van der Waals surface area contributed by atoms with Crippen LogP contribution in [0.3, 0.4) is 0 Å². The predicted octanol–water partition coefficient (Wildman–Crippen LogP) is 2.77. The third-order valence-electron chi connectivity index (χ3n) is 2.27. The Bertz CT molecular complexity index is 553. The highest BCUT2D eigenvalue weighted by molar-refractivity contribution is 6.28. The Morgan fingerprint density at radius 2 is 2.00 bits per heavy atom. The normalized spacial score (nSPS) is 10.2. The van der Waals surface area contributed by atoms with E-state index in [0.29, 0.717) is 11.5 Å². The van der Waals surface area contributed by atoms with Crippen LogP contribution in [-0.2, 0) is 11.3 Å². The molecule has 0 spiro atoms. The summed E-state index contributed by atoms with van der Waals surface area (Å²) in [5, 5.41) is 2.87. The molecule has 0 aliphatic rings. The van der Waals surface area contributed by atoms with Crippen molar-refractivity contribution in [1.29, 1.82) is 0 Å². The molecule has 0 aliphatic heterocycles. The van der Waals surface area contributed by atoms with Crippen molar-refractivity contribution in [2.75, 3.05) is 6.61 Å². The van der Waals surface area contributed by atoms with Gasteiger partial charge in [-0.05, 0) is 48.0 Å². The summed E-state index contributed by atoms with van der Waals surface area (Å²) < 4.78 is 22.9. The van der Waals surface area contributed by atoms with Gasteiger partial charge in [0.2, 0.25) is 0 Å². The summed E-state index contributed by atoms with van der Waals surface area (Å²) in [6, 6.07) is 8.70. The number of hydrogen-bond donors (Lipinski definition) is 1. The maximum atomic E-state index is 12.6. The minimum Gasteiger partial charge on any atom is -0.484 e. The van der Waals surface area contributed by atoms with E-state index in [1.165, 1.54) is 24.3 Å². The second-order valence-electron chi connectivity index (χ2n) is 3.73. The molecule has 0 atom stereocenters. The van der Waals surface area contributed by atoms with Gasteiger partial charge in [-0.15, -0.1) is 0 Å². The number of benzene rings is 1. The summed E-state index contributed by atoms with van der Waals surface area (Å²) in [5.74, 6) is 0.320. The molecule has 0 unspecified atom stereocenters. The zero-order chi connectivity index (χ0) is 13.7. The molecule has 1 aromatic carbocycles. The highest BCUT2D eigenvalue weighted by Crippen LogP contribution is 2.13. The van der Waals surface area contributed by atoms with Gasteiger partial charge in [0, 0.05) is 0 Å². The van der Waals surface area contributed by atoms with Crippen LogP contribution in [-0.4, -0.2) is 12.5 Å². The molecule has 6 heteroatoms. The number of nitrogens with one attached hydrogen (secondary N) is 1. The van der Waals surface area contributed by atoms with Gasteiger partial charge in [0.05, 0.1) is 6.54 Å². The van der Waals surface area contributed by atoms with E-state index in [1.54, 1.807) is 12.1 Å². The van der Waals surface area contributed by atoms with Crippen molar-refractivity contribution in [3.63, 3.8) is 0 Å². The van der Waals surface area contributed by atoms with Gasteiger partial charge in [-0.1, -0.05) is 0 Å². The first-order valence-electron chi connectivity index (χ1n) is 5.53. The number of furan rings is 1. The Labute approximate surface area is 114 Å². The molecule has 2 aromatic rings. The highest BCUT2D eigenvalue weighted by atomic mass is 35.5. The van der Waals surface area contributed by atoms with Crippen molar-refractivity contribution in [2.24, 2.45) is 0 Å². The van der Waals surface area contributed by atoms with Crippen LogP contribution in [0, 0.1) is 5.82 Å². The lowest BCUT2D eigenvalue weighted by Crippen LogP contribution is -2.28. The van der Waals surface area contributed by atoms with Crippen molar-refractivity contribution < 1.29 is 18.3 Å². The van der Waals surface area contributed by atoms with Gasteiger partial charge in [0.15, 0.2) is 11.8 Å². The topological polar surface area (TPSA) is 51.5 Å². The molecule has 100 valence electrons. The van der Waals surface area contributed by atoms with E-state index < -0.39 is 0 Å². The van der Waals surface area contributed by atoms with Crippen LogP contribution < -0.4 is 10.1 Å². The van der Waals surface area contributed by atoms with Gasteiger partial charge >= 0.3 is 0 Å². The quantitative estimate of drug-likeness (QED) is 0.918. The van der Waals surface area contributed by atoms with Crippen molar-refractivity contribution in [2.45, 2.75) is 6.54 Å². The molecule has 0 aliphatic carbocycles. The first kappa shape index (κ1) is 13.4. The molecule has 0 bridgehead atoms. The lowest BCUT2D eigenvalue weighted by Gasteiger charge is -2.06. The number of hydrogen-bond acceptors (Lipinski definition) is 3. The number of carbonyl (C=O) groups is 1. The van der Waals surface area contributed by atoms with Crippen LogP contribution in [0.4, 0.5) is 4.39 Å². The molecule has 0 radical (unpaired) electrons. The van der Waals surface area contributed by atoms with E-state index in [2.05, 4.69) is 5.32 Å². The van der Waals surface area contributed by atoms with Crippen molar-refractivity contribution >= 4 is 17.5 Å². The largest absolute Gasteiger partial charge is 0.484 e. The summed E-state index contributed by atoms with van der Waals surface area (Å²) in [6.07, 6.45) is 0. The molecule has 1 amide bonds. The van der Waals surface area contributed by atoms with Gasteiger partial charge in [-0.25, -0.2) is 4.39 Å². The Morgan fingerprint density at radius 3 is 2.63 bits per heavy atom. The highest BCUT2D eigenvalue weighted by Gasteiger charge is 2.05. The van der Waals surface area contributed by atoms with E-state index in [-0.39, 0.29) is 30.1 Å². The summed E-state index contributed by atoms with van der Waals surface area (Å²) >= 11 is 5.59. The predicted molar refractivity (Wildman–Crippen MR) is 67.5 cm³/mol. The third kappa shape index (κ3) is 4.30. The average Bonchev–Trinajstić information content (AvgIpc) is 2.81. The summed E-state index contributed by atoms with van der Waals surface area (Å²) in [6.45, 7) is 0.0818. The zero-order valence-corrected chi connectivity index (χ0v) is 10.6. The third-order valence-corrected chi connectivity index (χ3v) is 2.48. The van der Waals surface area contributed by atoms with Crippen molar-refractivity contribution in [3.05, 3.63) is 53.2 Å². The van der Waals surface area contributed by atoms with Gasteiger partial charge < -0.3 is 14.5 Å². The molecule has 19 heavy (non-hydrogen) atoms. The first-order valence-corrected chi connectivity index (χ1v) is 5.90. The van der Waals surface area contributed by atoms with Gasteiger partial charge in [-0.3, -0.25) is 4.79 Å². The molecule has 1 N–H and O–H groups in total. The van der Waals surface area contributed by atoms with Crippen LogP contribution in [0.5, 0.6) is 5.75 Å². The van der Waals surface area contributed by atoms with E-state index >= 15 is 0 Å². The maximum Gasteiger partial charge on any atom is 0.258 e. The van der Waals surface area contributed by atoms with E-state index in [0.717, 1.165) is 0 Å². The lowest BCUT2D eigenvalue weighted by molar-refractivity contribution is -0.123. The van der Waals surface area contributed by atoms with Gasteiger partial charge in [0.25, 0.3) is 5.91 Å². The molecular formula is C13H11ClFNO3. The Kier molecular flexibility index (Phi) is 4.41. The summed E-state index contributed by atoms with van der Waals surface area (Å²) in [4.78, 5) is 11.5. The maximum absolute atomic E-state index is 12.6. The van der Waals surface area contributed by atoms with Crippen LogP contribution >= 0.6 is 11.6 Å². The molecule has 1 heterocycles. The van der Waals surface area contributed by atoms with Crippen LogP contribution in [0.2, 0.25) is 5.22 Å². The molecule has 2 rings (SSSR count). The fraction of sp³-hybridized carbons (Fsp3) is 0.154. The number of amides is 1. The van der Waals surface area contributed by atoms with Crippen molar-refractivity contribution in [3.8, 4) is 5.75 Å². The average molecular weight is 284 g/mol. The van der Waals surface area contributed by atoms with Gasteiger partial charge in [-0.2, -0.15) is 0 Å². The molecule has 4 nitrogen and oxygen atoms in total. The fourth-order valence-corrected chi connectivity index (χ4v) is 1.53. The zero-order valence-electron chi connectivity index (χ0n) is 9.86. The number of ether oxygens (including phenoxy) is 1. The minimum atomic E-state index is -0.355. The molecule has 0 saturated heterocycles. The van der Waals surface area contributed by atoms with E-state index in [9.17, 15) is 9.18 Å².